The van der Waals surface area contributed by atoms with Crippen LogP contribution in [0.15, 0.2) is 72.8 Å². The summed E-state index contributed by atoms with van der Waals surface area (Å²) in [7, 11) is 0. The number of carbonyl (C=O) groups is 3. The van der Waals surface area contributed by atoms with Crippen molar-refractivity contribution in [3.63, 3.8) is 0 Å². The van der Waals surface area contributed by atoms with E-state index in [0.717, 1.165) is 16.3 Å². The average Bonchev–Trinajstić information content (AvgIpc) is 2.72. The number of carbonyl (C=O) groups excluding carboxylic acids is 3. The zero-order valence-corrected chi connectivity index (χ0v) is 14.9. The number of rotatable bonds is 8. The normalized spacial score (nSPS) is 10.5. The fourth-order valence-corrected chi connectivity index (χ4v) is 2.82. The van der Waals surface area contributed by atoms with Crippen molar-refractivity contribution in [2.45, 2.75) is 25.9 Å². The minimum absolute atomic E-state index is 0.00689. The van der Waals surface area contributed by atoms with Crippen LogP contribution in [0.25, 0.3) is 10.8 Å². The first-order valence-electron chi connectivity index (χ1n) is 8.89. The van der Waals surface area contributed by atoms with E-state index in [-0.39, 0.29) is 25.2 Å². The van der Waals surface area contributed by atoms with Crippen LogP contribution >= 0.6 is 0 Å². The summed E-state index contributed by atoms with van der Waals surface area (Å²) in [5, 5.41) is 2.08. The Morgan fingerprint density at radius 3 is 2.22 bits per heavy atom. The second-order valence-electron chi connectivity index (χ2n) is 6.32. The van der Waals surface area contributed by atoms with Crippen LogP contribution in [0.3, 0.4) is 0 Å². The van der Waals surface area contributed by atoms with Gasteiger partial charge in [0.25, 0.3) is 0 Å². The molecule has 4 nitrogen and oxygen atoms in total. The van der Waals surface area contributed by atoms with Crippen molar-refractivity contribution in [1.82, 2.24) is 0 Å². The molecule has 0 atom stereocenters. The van der Waals surface area contributed by atoms with Gasteiger partial charge in [-0.25, -0.2) is 4.79 Å². The van der Waals surface area contributed by atoms with Gasteiger partial charge < -0.3 is 4.74 Å². The molecule has 0 radical (unpaired) electrons. The van der Waals surface area contributed by atoms with Gasteiger partial charge in [-0.2, -0.15) is 0 Å². The predicted molar refractivity (Wildman–Crippen MR) is 103 cm³/mol. The first-order chi connectivity index (χ1) is 13.1. The number of Topliss-reactive ketones (excluding diaryl/α,β-unsaturated/α-hetero) is 2. The molecule has 3 aromatic rings. The lowest BCUT2D eigenvalue weighted by Gasteiger charge is -2.05. The van der Waals surface area contributed by atoms with Crippen molar-refractivity contribution in [2.75, 3.05) is 0 Å². The summed E-state index contributed by atoms with van der Waals surface area (Å²) in [6.07, 6.45) is 0.550. The lowest BCUT2D eigenvalue weighted by Crippen LogP contribution is -2.17. The van der Waals surface area contributed by atoms with Gasteiger partial charge in [0, 0.05) is 18.4 Å². The lowest BCUT2D eigenvalue weighted by atomic mass is 10.0. The fraction of sp³-hybridized carbons (Fsp3) is 0.174. The maximum atomic E-state index is 12.3. The van der Waals surface area contributed by atoms with E-state index in [4.69, 9.17) is 4.74 Å². The van der Waals surface area contributed by atoms with Gasteiger partial charge in [-0.05, 0) is 28.8 Å². The van der Waals surface area contributed by atoms with Crippen LogP contribution in [0, 0.1) is 0 Å². The number of ether oxygens (including phenoxy) is 1. The van der Waals surface area contributed by atoms with E-state index in [1.54, 1.807) is 6.07 Å². The molecule has 0 bridgehead atoms. The monoisotopic (exact) mass is 360 g/mol. The molecule has 0 amide bonds. The molecule has 0 aliphatic rings. The van der Waals surface area contributed by atoms with E-state index in [0.29, 0.717) is 12.0 Å². The second-order valence-corrected chi connectivity index (χ2v) is 6.32. The third kappa shape index (κ3) is 5.11. The molecule has 0 saturated carbocycles. The predicted octanol–water partition coefficient (Wildman–Crippen LogP) is 4.51. The van der Waals surface area contributed by atoms with E-state index in [1.807, 2.05) is 66.7 Å². The van der Waals surface area contributed by atoms with Gasteiger partial charge in [0.1, 0.15) is 6.61 Å². The molecule has 0 unspecified atom stereocenters. The summed E-state index contributed by atoms with van der Waals surface area (Å²) in [6.45, 7) is 0.0709. The zero-order chi connectivity index (χ0) is 19.1. The van der Waals surface area contributed by atoms with Gasteiger partial charge in [-0.1, -0.05) is 66.7 Å². The van der Waals surface area contributed by atoms with Crippen LogP contribution in [-0.4, -0.2) is 17.5 Å². The van der Waals surface area contributed by atoms with Crippen LogP contribution in [0.1, 0.15) is 35.2 Å². The van der Waals surface area contributed by atoms with Crippen LogP contribution in [0.2, 0.25) is 0 Å². The molecule has 0 spiro atoms. The number of benzene rings is 3. The van der Waals surface area contributed by atoms with Crippen molar-refractivity contribution >= 4 is 28.3 Å². The Morgan fingerprint density at radius 2 is 1.44 bits per heavy atom. The van der Waals surface area contributed by atoms with E-state index >= 15 is 0 Å². The largest absolute Gasteiger partial charge is 0.455 e. The number of fused-ring (bicyclic) bond motifs is 1. The maximum absolute atomic E-state index is 12.3. The summed E-state index contributed by atoms with van der Waals surface area (Å²) in [4.78, 5) is 35.9. The molecule has 136 valence electrons. The second kappa shape index (κ2) is 8.90. The molecule has 0 aliphatic carbocycles. The van der Waals surface area contributed by atoms with E-state index < -0.39 is 11.8 Å². The van der Waals surface area contributed by atoms with Crippen LogP contribution in [0.5, 0.6) is 0 Å². The Balaban J connectivity index is 1.45. The van der Waals surface area contributed by atoms with E-state index in [1.165, 1.54) is 0 Å². The Hall–Kier alpha value is -3.27. The van der Waals surface area contributed by atoms with Gasteiger partial charge in [0.2, 0.25) is 5.78 Å². The average molecular weight is 360 g/mol. The molecule has 0 aliphatic heterocycles. The molecule has 0 fully saturated rings. The summed E-state index contributed by atoms with van der Waals surface area (Å²) in [6, 6.07) is 22.6. The van der Waals surface area contributed by atoms with Crippen molar-refractivity contribution in [3.05, 3.63) is 83.9 Å². The van der Waals surface area contributed by atoms with Crippen LogP contribution in [0.4, 0.5) is 0 Å². The Kier molecular flexibility index (Phi) is 6.10. The Labute approximate surface area is 157 Å². The molecule has 3 rings (SSSR count). The molecule has 27 heavy (non-hydrogen) atoms. The Morgan fingerprint density at radius 1 is 0.741 bits per heavy atom. The highest BCUT2D eigenvalue weighted by Crippen LogP contribution is 2.17. The minimum atomic E-state index is -0.850. The standard InChI is InChI=1S/C23H20O4/c24-21(20-14-13-18-9-4-5-10-19(18)15-20)11-6-12-22(25)23(26)27-16-17-7-2-1-3-8-17/h1-5,7-10,13-15H,6,11-12,16H2. The molecular formula is C23H20O4. The summed E-state index contributed by atoms with van der Waals surface area (Å²) < 4.78 is 5.01. The van der Waals surface area contributed by atoms with Gasteiger partial charge in [-0.3, -0.25) is 9.59 Å². The Bertz CT molecular complexity index is 960. The SMILES string of the molecule is O=C(CCCC(=O)c1ccc2ccccc2c1)C(=O)OCc1ccccc1. The van der Waals surface area contributed by atoms with Gasteiger partial charge in [0.15, 0.2) is 5.78 Å². The third-order valence-corrected chi connectivity index (χ3v) is 4.32. The molecular weight excluding hydrogens is 340 g/mol. The quantitative estimate of drug-likeness (QED) is 0.337. The number of ketones is 2. The maximum Gasteiger partial charge on any atom is 0.374 e. The highest BCUT2D eigenvalue weighted by atomic mass is 16.5. The third-order valence-electron chi connectivity index (χ3n) is 4.32. The number of hydrogen-bond donors (Lipinski definition) is 0. The zero-order valence-electron chi connectivity index (χ0n) is 14.9. The van der Waals surface area contributed by atoms with E-state index in [2.05, 4.69) is 0 Å². The molecule has 3 aromatic carbocycles. The van der Waals surface area contributed by atoms with E-state index in [9.17, 15) is 14.4 Å². The topological polar surface area (TPSA) is 60.4 Å². The van der Waals surface area contributed by atoms with Gasteiger partial charge in [-0.15, -0.1) is 0 Å². The van der Waals surface area contributed by atoms with Crippen molar-refractivity contribution in [1.29, 1.82) is 0 Å². The summed E-state index contributed by atoms with van der Waals surface area (Å²) in [5.41, 5.74) is 1.44. The van der Waals surface area contributed by atoms with Crippen LogP contribution in [-0.2, 0) is 20.9 Å². The summed E-state index contributed by atoms with van der Waals surface area (Å²) >= 11 is 0. The lowest BCUT2D eigenvalue weighted by molar-refractivity contribution is -0.154. The highest BCUT2D eigenvalue weighted by molar-refractivity contribution is 6.33. The highest BCUT2D eigenvalue weighted by Gasteiger charge is 2.16. The van der Waals surface area contributed by atoms with Gasteiger partial charge >= 0.3 is 5.97 Å². The number of hydrogen-bond acceptors (Lipinski definition) is 4. The van der Waals surface area contributed by atoms with Crippen molar-refractivity contribution in [3.8, 4) is 0 Å². The fourth-order valence-electron chi connectivity index (χ4n) is 2.82. The summed E-state index contributed by atoms with van der Waals surface area (Å²) in [5.74, 6) is -1.49. The first-order valence-corrected chi connectivity index (χ1v) is 8.89. The molecule has 4 heteroatoms. The molecule has 0 aromatic heterocycles. The van der Waals surface area contributed by atoms with Crippen molar-refractivity contribution in [2.24, 2.45) is 0 Å². The molecule has 0 heterocycles. The number of esters is 1. The smallest absolute Gasteiger partial charge is 0.374 e. The first kappa shape index (κ1) is 18.5. The van der Waals surface area contributed by atoms with Gasteiger partial charge in [0.05, 0.1) is 0 Å². The minimum Gasteiger partial charge on any atom is -0.455 e. The molecule has 0 saturated heterocycles. The van der Waals surface area contributed by atoms with Crippen molar-refractivity contribution < 1.29 is 19.1 Å². The molecule has 0 N–H and O–H groups in total. The van der Waals surface area contributed by atoms with Crippen LogP contribution < -0.4 is 0 Å².